The van der Waals surface area contributed by atoms with Crippen molar-refractivity contribution < 1.29 is 14.3 Å². The topological polar surface area (TPSA) is 98.1 Å². The predicted molar refractivity (Wildman–Crippen MR) is 100 cm³/mol. The van der Waals surface area contributed by atoms with Crippen molar-refractivity contribution in [1.29, 1.82) is 0 Å². The van der Waals surface area contributed by atoms with Gasteiger partial charge in [0.25, 0.3) is 5.91 Å². The molecule has 0 bridgehead atoms. The van der Waals surface area contributed by atoms with Gasteiger partial charge in [-0.15, -0.1) is 0 Å². The lowest BCUT2D eigenvalue weighted by Gasteiger charge is -2.09. The summed E-state index contributed by atoms with van der Waals surface area (Å²) in [5.41, 5.74) is 1.32. The lowest BCUT2D eigenvalue weighted by Crippen LogP contribution is -2.32. The molecular formula is C19H21N5O3. The third kappa shape index (κ3) is 4.81. The Balaban J connectivity index is 1.40. The van der Waals surface area contributed by atoms with E-state index in [9.17, 15) is 9.59 Å². The molecule has 27 heavy (non-hydrogen) atoms. The fraction of sp³-hybridized carbons (Fsp3) is 0.263. The van der Waals surface area contributed by atoms with Crippen LogP contribution in [0, 0.1) is 0 Å². The van der Waals surface area contributed by atoms with Crippen LogP contribution in [0.25, 0.3) is 10.9 Å². The number of nitrogens with zero attached hydrogens (tertiary/aromatic N) is 3. The summed E-state index contributed by atoms with van der Waals surface area (Å²) >= 11 is 0. The van der Waals surface area contributed by atoms with Gasteiger partial charge in [0.05, 0.1) is 13.3 Å². The van der Waals surface area contributed by atoms with Gasteiger partial charge in [0.1, 0.15) is 11.4 Å². The molecule has 0 unspecified atom stereocenters. The van der Waals surface area contributed by atoms with E-state index in [2.05, 4.69) is 25.2 Å². The minimum absolute atomic E-state index is 0.118. The summed E-state index contributed by atoms with van der Waals surface area (Å²) in [7, 11) is 1.64. The molecule has 0 aliphatic carbocycles. The van der Waals surface area contributed by atoms with Crippen LogP contribution in [-0.4, -0.2) is 46.5 Å². The monoisotopic (exact) mass is 367 g/mol. The van der Waals surface area contributed by atoms with Crippen molar-refractivity contribution in [2.75, 3.05) is 20.2 Å². The van der Waals surface area contributed by atoms with Crippen molar-refractivity contribution in [2.24, 2.45) is 0 Å². The van der Waals surface area contributed by atoms with Crippen molar-refractivity contribution in [1.82, 2.24) is 25.2 Å². The zero-order chi connectivity index (χ0) is 19.1. The molecule has 2 heterocycles. The highest BCUT2D eigenvalue weighted by molar-refractivity contribution is 5.92. The molecule has 8 nitrogen and oxygen atoms in total. The molecule has 3 aromatic rings. The standard InChI is InChI=1S/C19H21N5O3/c1-27-15-2-3-17-14(12-15)5-10-24(17)11-9-22-18(25)4-6-23-19(26)16-13-20-7-8-21-16/h2-3,5,7-8,10,12-13H,4,6,9,11H2,1H3,(H,22,25)(H,23,26). The average Bonchev–Trinajstić information content (AvgIpc) is 3.10. The van der Waals surface area contributed by atoms with Gasteiger partial charge in [-0.1, -0.05) is 0 Å². The lowest BCUT2D eigenvalue weighted by atomic mass is 10.2. The second kappa shape index (κ2) is 8.79. The summed E-state index contributed by atoms with van der Waals surface area (Å²) in [5, 5.41) is 6.60. The van der Waals surface area contributed by atoms with Gasteiger partial charge in [0.15, 0.2) is 0 Å². The SMILES string of the molecule is COc1ccc2c(ccn2CCNC(=O)CCNC(=O)c2cnccn2)c1. The second-order valence-corrected chi connectivity index (χ2v) is 5.88. The van der Waals surface area contributed by atoms with E-state index in [-0.39, 0.29) is 30.5 Å². The first-order valence-corrected chi connectivity index (χ1v) is 8.61. The molecule has 0 spiro atoms. The first-order chi connectivity index (χ1) is 13.2. The van der Waals surface area contributed by atoms with Gasteiger partial charge in [0, 0.05) is 55.5 Å². The summed E-state index contributed by atoms with van der Waals surface area (Å²) in [6, 6.07) is 7.90. The molecule has 140 valence electrons. The lowest BCUT2D eigenvalue weighted by molar-refractivity contribution is -0.120. The van der Waals surface area contributed by atoms with Gasteiger partial charge in [-0.05, 0) is 24.3 Å². The molecular weight excluding hydrogens is 346 g/mol. The minimum Gasteiger partial charge on any atom is -0.497 e. The van der Waals surface area contributed by atoms with E-state index in [0.717, 1.165) is 16.7 Å². The van der Waals surface area contributed by atoms with Crippen LogP contribution in [0.15, 0.2) is 49.1 Å². The maximum atomic E-state index is 11.9. The highest BCUT2D eigenvalue weighted by Crippen LogP contribution is 2.21. The molecule has 8 heteroatoms. The van der Waals surface area contributed by atoms with Crippen LogP contribution in [0.1, 0.15) is 16.9 Å². The number of carbonyl (C=O) groups excluding carboxylic acids is 2. The fourth-order valence-electron chi connectivity index (χ4n) is 2.70. The number of nitrogens with one attached hydrogen (secondary N) is 2. The molecule has 0 atom stereocenters. The van der Waals surface area contributed by atoms with E-state index in [1.165, 1.54) is 18.6 Å². The Hall–Kier alpha value is -3.42. The first kappa shape index (κ1) is 18.4. The third-order valence-corrected chi connectivity index (χ3v) is 4.09. The summed E-state index contributed by atoms with van der Waals surface area (Å²) in [6.45, 7) is 1.41. The van der Waals surface area contributed by atoms with E-state index in [4.69, 9.17) is 4.74 Å². The Kier molecular flexibility index (Phi) is 5.98. The van der Waals surface area contributed by atoms with Crippen molar-refractivity contribution in [3.63, 3.8) is 0 Å². The maximum Gasteiger partial charge on any atom is 0.271 e. The van der Waals surface area contributed by atoms with Crippen LogP contribution in [0.4, 0.5) is 0 Å². The van der Waals surface area contributed by atoms with Gasteiger partial charge in [-0.2, -0.15) is 0 Å². The fourth-order valence-corrected chi connectivity index (χ4v) is 2.70. The van der Waals surface area contributed by atoms with Gasteiger partial charge < -0.3 is 19.9 Å². The van der Waals surface area contributed by atoms with Crippen molar-refractivity contribution >= 4 is 22.7 Å². The summed E-state index contributed by atoms with van der Waals surface area (Å²) < 4.78 is 7.30. The molecule has 2 amide bonds. The minimum atomic E-state index is -0.342. The molecule has 2 aromatic heterocycles. The first-order valence-electron chi connectivity index (χ1n) is 8.61. The van der Waals surface area contributed by atoms with Crippen molar-refractivity contribution in [3.8, 4) is 5.75 Å². The van der Waals surface area contributed by atoms with E-state index in [1.54, 1.807) is 7.11 Å². The Morgan fingerprint density at radius 2 is 2.04 bits per heavy atom. The zero-order valence-corrected chi connectivity index (χ0v) is 15.0. The van der Waals surface area contributed by atoms with Crippen LogP contribution in [0.5, 0.6) is 5.75 Å². The van der Waals surface area contributed by atoms with E-state index in [1.807, 2.05) is 30.5 Å². The second-order valence-electron chi connectivity index (χ2n) is 5.88. The van der Waals surface area contributed by atoms with Gasteiger partial charge in [-0.3, -0.25) is 14.6 Å². The number of hydrogen-bond acceptors (Lipinski definition) is 5. The number of aromatic nitrogens is 3. The Morgan fingerprint density at radius 1 is 1.15 bits per heavy atom. The highest BCUT2D eigenvalue weighted by atomic mass is 16.5. The van der Waals surface area contributed by atoms with Crippen LogP contribution in [0.2, 0.25) is 0 Å². The average molecular weight is 367 g/mol. The molecule has 0 saturated carbocycles. The van der Waals surface area contributed by atoms with Crippen LogP contribution < -0.4 is 15.4 Å². The van der Waals surface area contributed by atoms with Crippen LogP contribution in [0.3, 0.4) is 0 Å². The Labute approximate surface area is 156 Å². The molecule has 0 aliphatic heterocycles. The van der Waals surface area contributed by atoms with Gasteiger partial charge >= 0.3 is 0 Å². The maximum absolute atomic E-state index is 11.9. The number of rotatable bonds is 8. The van der Waals surface area contributed by atoms with E-state index in [0.29, 0.717) is 13.1 Å². The summed E-state index contributed by atoms with van der Waals surface area (Å²) in [6.07, 6.45) is 6.51. The number of amides is 2. The summed E-state index contributed by atoms with van der Waals surface area (Å²) in [4.78, 5) is 31.5. The Morgan fingerprint density at radius 3 is 2.81 bits per heavy atom. The third-order valence-electron chi connectivity index (χ3n) is 4.09. The van der Waals surface area contributed by atoms with Crippen molar-refractivity contribution in [3.05, 3.63) is 54.7 Å². The quantitative estimate of drug-likeness (QED) is 0.627. The summed E-state index contributed by atoms with van der Waals surface area (Å²) in [5.74, 6) is 0.356. The van der Waals surface area contributed by atoms with Crippen molar-refractivity contribution in [2.45, 2.75) is 13.0 Å². The highest BCUT2D eigenvalue weighted by Gasteiger charge is 2.08. The molecule has 3 rings (SSSR count). The number of methoxy groups -OCH3 is 1. The molecule has 0 saturated heterocycles. The zero-order valence-electron chi connectivity index (χ0n) is 15.0. The van der Waals surface area contributed by atoms with Crippen LogP contribution in [-0.2, 0) is 11.3 Å². The van der Waals surface area contributed by atoms with Gasteiger partial charge in [0.2, 0.25) is 5.91 Å². The van der Waals surface area contributed by atoms with E-state index < -0.39 is 0 Å². The van der Waals surface area contributed by atoms with E-state index >= 15 is 0 Å². The molecule has 0 aliphatic rings. The number of benzene rings is 1. The predicted octanol–water partition coefficient (Wildman–Crippen LogP) is 1.38. The molecule has 2 N–H and O–H groups in total. The number of hydrogen-bond donors (Lipinski definition) is 2. The van der Waals surface area contributed by atoms with Crippen LogP contribution >= 0.6 is 0 Å². The molecule has 1 aromatic carbocycles. The number of carbonyl (C=O) groups is 2. The Bertz CT molecular complexity index is 923. The normalized spacial score (nSPS) is 10.6. The largest absolute Gasteiger partial charge is 0.497 e. The molecule has 0 radical (unpaired) electrons. The number of ether oxygens (including phenoxy) is 1. The number of fused-ring (bicyclic) bond motifs is 1. The smallest absolute Gasteiger partial charge is 0.271 e. The van der Waals surface area contributed by atoms with Gasteiger partial charge in [-0.25, -0.2) is 4.98 Å². The molecule has 0 fully saturated rings.